The molecule has 2 rings (SSSR count). The van der Waals surface area contributed by atoms with Crippen molar-refractivity contribution in [3.05, 3.63) is 11.3 Å². The lowest BCUT2D eigenvalue weighted by Crippen LogP contribution is -2.27. The summed E-state index contributed by atoms with van der Waals surface area (Å²) >= 11 is 1.24. The maximum atomic E-state index is 12.1. The van der Waals surface area contributed by atoms with Crippen LogP contribution in [-0.4, -0.2) is 33.1 Å². The van der Waals surface area contributed by atoms with Crippen molar-refractivity contribution >= 4 is 28.6 Å². The summed E-state index contributed by atoms with van der Waals surface area (Å²) in [4.78, 5) is 24.8. The number of aryl methyl sites for hydroxylation is 2. The van der Waals surface area contributed by atoms with Gasteiger partial charge in [0.05, 0.1) is 5.69 Å². The SMILES string of the molecule is CC(=O)SCC1CC(=O)N(c2c(C#N)c(C)nn2C)C1. The zero-order chi connectivity index (χ0) is 14.9. The Bertz CT molecular complexity index is 602. The van der Waals surface area contributed by atoms with Gasteiger partial charge in [0.15, 0.2) is 10.9 Å². The highest BCUT2D eigenvalue weighted by molar-refractivity contribution is 8.13. The number of hydrogen-bond acceptors (Lipinski definition) is 5. The molecule has 1 atom stereocenters. The van der Waals surface area contributed by atoms with Gasteiger partial charge in [-0.1, -0.05) is 11.8 Å². The molecule has 0 bridgehead atoms. The first-order chi connectivity index (χ1) is 9.43. The van der Waals surface area contributed by atoms with E-state index >= 15 is 0 Å². The van der Waals surface area contributed by atoms with Gasteiger partial charge in [-0.2, -0.15) is 10.4 Å². The monoisotopic (exact) mass is 292 g/mol. The lowest BCUT2D eigenvalue weighted by atomic mass is 10.1. The highest BCUT2D eigenvalue weighted by Gasteiger charge is 2.34. The number of nitrogens with zero attached hydrogens (tertiary/aromatic N) is 4. The summed E-state index contributed by atoms with van der Waals surface area (Å²) in [6, 6.07) is 2.11. The quantitative estimate of drug-likeness (QED) is 0.837. The van der Waals surface area contributed by atoms with Gasteiger partial charge >= 0.3 is 0 Å². The number of amides is 1. The minimum Gasteiger partial charge on any atom is -0.296 e. The second kappa shape index (κ2) is 5.67. The normalized spacial score (nSPS) is 18.4. The summed E-state index contributed by atoms with van der Waals surface area (Å²) in [5.41, 5.74) is 1.07. The molecule has 1 aliphatic heterocycles. The summed E-state index contributed by atoms with van der Waals surface area (Å²) in [5.74, 6) is 1.32. The van der Waals surface area contributed by atoms with E-state index in [1.54, 1.807) is 23.6 Å². The van der Waals surface area contributed by atoms with E-state index in [4.69, 9.17) is 0 Å². The number of rotatable bonds is 3. The van der Waals surface area contributed by atoms with E-state index in [0.717, 1.165) is 0 Å². The molecule has 1 aliphatic rings. The summed E-state index contributed by atoms with van der Waals surface area (Å²) in [6.45, 7) is 3.82. The van der Waals surface area contributed by atoms with Gasteiger partial charge in [0.1, 0.15) is 11.6 Å². The van der Waals surface area contributed by atoms with Crippen LogP contribution in [0.1, 0.15) is 24.6 Å². The molecule has 106 valence electrons. The molecule has 1 unspecified atom stereocenters. The summed E-state index contributed by atoms with van der Waals surface area (Å²) in [5, 5.41) is 13.5. The molecule has 20 heavy (non-hydrogen) atoms. The Kier molecular flexibility index (Phi) is 4.14. The molecular weight excluding hydrogens is 276 g/mol. The van der Waals surface area contributed by atoms with Gasteiger partial charge in [-0.05, 0) is 12.8 Å². The van der Waals surface area contributed by atoms with Gasteiger partial charge in [0, 0.05) is 32.7 Å². The van der Waals surface area contributed by atoms with Gasteiger partial charge < -0.3 is 0 Å². The molecule has 1 aromatic heterocycles. The predicted molar refractivity (Wildman–Crippen MR) is 76.3 cm³/mol. The van der Waals surface area contributed by atoms with Gasteiger partial charge in [0.25, 0.3) is 0 Å². The number of thioether (sulfide) groups is 1. The van der Waals surface area contributed by atoms with Crippen molar-refractivity contribution < 1.29 is 9.59 Å². The van der Waals surface area contributed by atoms with Crippen LogP contribution in [0.25, 0.3) is 0 Å². The average molecular weight is 292 g/mol. The molecule has 2 heterocycles. The number of aromatic nitrogens is 2. The topological polar surface area (TPSA) is 79.0 Å². The zero-order valence-corrected chi connectivity index (χ0v) is 12.5. The largest absolute Gasteiger partial charge is 0.296 e. The molecular formula is C13H16N4O2S. The zero-order valence-electron chi connectivity index (χ0n) is 11.7. The van der Waals surface area contributed by atoms with E-state index in [0.29, 0.717) is 35.8 Å². The highest BCUT2D eigenvalue weighted by Crippen LogP contribution is 2.30. The van der Waals surface area contributed by atoms with Crippen LogP contribution < -0.4 is 4.90 Å². The van der Waals surface area contributed by atoms with Crippen molar-refractivity contribution in [1.29, 1.82) is 5.26 Å². The van der Waals surface area contributed by atoms with E-state index in [1.807, 2.05) is 0 Å². The highest BCUT2D eigenvalue weighted by atomic mass is 32.2. The average Bonchev–Trinajstić information content (AvgIpc) is 2.86. The molecule has 1 amide bonds. The van der Waals surface area contributed by atoms with Crippen molar-refractivity contribution in [2.75, 3.05) is 17.2 Å². The molecule has 7 heteroatoms. The van der Waals surface area contributed by atoms with Crippen molar-refractivity contribution in [2.24, 2.45) is 13.0 Å². The molecule has 1 aromatic rings. The van der Waals surface area contributed by atoms with Gasteiger partial charge in [-0.15, -0.1) is 0 Å². The Morgan fingerprint density at radius 2 is 2.30 bits per heavy atom. The van der Waals surface area contributed by atoms with E-state index in [-0.39, 0.29) is 16.9 Å². The minimum atomic E-state index is -0.0151. The Balaban J connectivity index is 2.20. The molecule has 0 saturated carbocycles. The van der Waals surface area contributed by atoms with Crippen LogP contribution >= 0.6 is 11.8 Å². The maximum absolute atomic E-state index is 12.1. The van der Waals surface area contributed by atoms with Gasteiger partial charge in [0.2, 0.25) is 5.91 Å². The lowest BCUT2D eigenvalue weighted by Gasteiger charge is -2.17. The molecule has 0 spiro atoms. The minimum absolute atomic E-state index is 0.0151. The van der Waals surface area contributed by atoms with Crippen LogP contribution in [0.3, 0.4) is 0 Å². The molecule has 6 nitrogen and oxygen atoms in total. The smallest absolute Gasteiger partial charge is 0.228 e. The molecule has 1 fully saturated rings. The summed E-state index contributed by atoms with van der Waals surface area (Å²) in [7, 11) is 1.73. The third-order valence-corrected chi connectivity index (χ3v) is 4.33. The number of carbonyl (C=O) groups excluding carboxylic acids is 2. The van der Waals surface area contributed by atoms with Crippen LogP contribution in [0.4, 0.5) is 5.82 Å². The van der Waals surface area contributed by atoms with Crippen LogP contribution in [-0.2, 0) is 16.6 Å². The second-order valence-corrected chi connectivity index (χ2v) is 6.09. The predicted octanol–water partition coefficient (Wildman–Crippen LogP) is 1.23. The summed E-state index contributed by atoms with van der Waals surface area (Å²) in [6.07, 6.45) is 0.412. The van der Waals surface area contributed by atoms with Crippen LogP contribution in [0, 0.1) is 24.2 Å². The molecule has 0 aromatic carbocycles. The van der Waals surface area contributed by atoms with Crippen molar-refractivity contribution in [2.45, 2.75) is 20.3 Å². The van der Waals surface area contributed by atoms with Crippen LogP contribution in [0.15, 0.2) is 0 Å². The molecule has 0 aliphatic carbocycles. The molecule has 0 N–H and O–H groups in total. The Morgan fingerprint density at radius 1 is 1.60 bits per heavy atom. The van der Waals surface area contributed by atoms with E-state index in [2.05, 4.69) is 11.2 Å². The fraction of sp³-hybridized carbons (Fsp3) is 0.538. The van der Waals surface area contributed by atoms with Crippen molar-refractivity contribution in [3.63, 3.8) is 0 Å². The third kappa shape index (κ3) is 2.70. The van der Waals surface area contributed by atoms with Crippen molar-refractivity contribution in [1.82, 2.24) is 9.78 Å². The van der Waals surface area contributed by atoms with Crippen LogP contribution in [0.5, 0.6) is 0 Å². The van der Waals surface area contributed by atoms with E-state index < -0.39 is 0 Å². The number of carbonyl (C=O) groups is 2. The van der Waals surface area contributed by atoms with Gasteiger partial charge in [-0.25, -0.2) is 0 Å². The standard InChI is InChI=1S/C13H16N4O2S/c1-8-11(5-14)13(16(3)15-8)17-6-10(4-12(17)19)7-20-9(2)18/h10H,4,6-7H2,1-3H3. The summed E-state index contributed by atoms with van der Waals surface area (Å²) < 4.78 is 1.58. The molecule has 0 radical (unpaired) electrons. The number of anilines is 1. The van der Waals surface area contributed by atoms with E-state index in [9.17, 15) is 14.9 Å². The lowest BCUT2D eigenvalue weighted by molar-refractivity contribution is -0.117. The van der Waals surface area contributed by atoms with Gasteiger partial charge in [-0.3, -0.25) is 19.2 Å². The van der Waals surface area contributed by atoms with Crippen LogP contribution in [0.2, 0.25) is 0 Å². The Labute approximate surface area is 121 Å². The fourth-order valence-electron chi connectivity index (χ4n) is 2.42. The molecule has 1 saturated heterocycles. The Hall–Kier alpha value is -1.81. The second-order valence-electron chi connectivity index (χ2n) is 4.90. The number of hydrogen-bond donors (Lipinski definition) is 0. The first kappa shape index (κ1) is 14.6. The first-order valence-corrected chi connectivity index (χ1v) is 7.30. The number of nitriles is 1. The first-order valence-electron chi connectivity index (χ1n) is 6.31. The van der Waals surface area contributed by atoms with Crippen molar-refractivity contribution in [3.8, 4) is 6.07 Å². The van der Waals surface area contributed by atoms with E-state index in [1.165, 1.54) is 18.7 Å². The fourth-order valence-corrected chi connectivity index (χ4v) is 3.11. The Morgan fingerprint density at radius 3 is 2.90 bits per heavy atom. The maximum Gasteiger partial charge on any atom is 0.228 e. The third-order valence-electron chi connectivity index (χ3n) is 3.29.